The maximum atomic E-state index is 9.83. The average Bonchev–Trinajstić information content (AvgIpc) is 3.01. The molecule has 2 aromatic carbocycles. The first-order chi connectivity index (χ1) is 19.8. The summed E-state index contributed by atoms with van der Waals surface area (Å²) in [7, 11) is 0. The van der Waals surface area contributed by atoms with Crippen molar-refractivity contribution < 1.29 is 5.11 Å². The van der Waals surface area contributed by atoms with Crippen LogP contribution in [0.2, 0.25) is 0 Å². The van der Waals surface area contributed by atoms with Crippen LogP contribution in [0.3, 0.4) is 0 Å². The number of aliphatic hydroxyl groups excluding tert-OH is 1. The molecule has 0 aliphatic carbocycles. The molecule has 2 heterocycles. The number of benzene rings is 2. The summed E-state index contributed by atoms with van der Waals surface area (Å²) in [5.41, 5.74) is 5.86. The first-order valence-electron chi connectivity index (χ1n) is 14.2. The predicted octanol–water partition coefficient (Wildman–Crippen LogP) is 3.55. The van der Waals surface area contributed by atoms with Crippen molar-refractivity contribution in [2.24, 2.45) is 0 Å². The Morgan fingerprint density at radius 2 is 1.20 bits per heavy atom. The SMILES string of the molecule is OC[C@@H](Cc1ccccc1)NCc1ccc(CN(CCNCc2ccccn2)CCNCc2ccccn2)cc1. The van der Waals surface area contributed by atoms with Crippen LogP contribution >= 0.6 is 0 Å². The second-order valence-electron chi connectivity index (χ2n) is 10.0. The zero-order valence-electron chi connectivity index (χ0n) is 23.3. The first-order valence-corrected chi connectivity index (χ1v) is 14.2. The summed E-state index contributed by atoms with van der Waals surface area (Å²) in [6, 6.07) is 31.2. The van der Waals surface area contributed by atoms with E-state index in [1.165, 1.54) is 16.7 Å². The Bertz CT molecular complexity index is 1140. The van der Waals surface area contributed by atoms with Gasteiger partial charge in [0.1, 0.15) is 0 Å². The minimum Gasteiger partial charge on any atom is -0.395 e. The van der Waals surface area contributed by atoms with Crippen molar-refractivity contribution >= 4 is 0 Å². The third-order valence-corrected chi connectivity index (χ3v) is 6.84. The number of nitrogens with one attached hydrogen (secondary N) is 3. The van der Waals surface area contributed by atoms with E-state index in [4.69, 9.17) is 0 Å². The van der Waals surface area contributed by atoms with Gasteiger partial charge in [-0.15, -0.1) is 0 Å². The van der Waals surface area contributed by atoms with E-state index in [9.17, 15) is 5.11 Å². The standard InChI is InChI=1S/C33H42N6O/c40-27-33(22-28-8-2-1-3-9-28)38-23-29-12-14-30(15-13-29)26-39(20-18-34-24-31-10-4-6-16-36-31)21-19-35-25-32-11-5-7-17-37-32/h1-17,33-35,38,40H,18-27H2/t33-/m1/s1. The van der Waals surface area contributed by atoms with Gasteiger partial charge in [0, 0.05) is 70.8 Å². The fourth-order valence-corrected chi connectivity index (χ4v) is 4.57. The van der Waals surface area contributed by atoms with Gasteiger partial charge in [0.05, 0.1) is 18.0 Å². The maximum Gasteiger partial charge on any atom is 0.0587 e. The van der Waals surface area contributed by atoms with Crippen molar-refractivity contribution in [1.29, 1.82) is 0 Å². The topological polar surface area (TPSA) is 85.3 Å². The minimum absolute atomic E-state index is 0.0368. The molecule has 210 valence electrons. The average molecular weight is 539 g/mol. The lowest BCUT2D eigenvalue weighted by atomic mass is 10.1. The number of aliphatic hydroxyl groups is 1. The molecular weight excluding hydrogens is 496 g/mol. The normalized spacial score (nSPS) is 12.1. The van der Waals surface area contributed by atoms with Crippen molar-refractivity contribution in [3.05, 3.63) is 131 Å². The molecule has 0 bridgehead atoms. The molecule has 4 N–H and O–H groups in total. The van der Waals surface area contributed by atoms with Gasteiger partial charge in [-0.05, 0) is 47.4 Å². The Morgan fingerprint density at radius 3 is 1.75 bits per heavy atom. The Morgan fingerprint density at radius 1 is 0.625 bits per heavy atom. The molecule has 0 amide bonds. The lowest BCUT2D eigenvalue weighted by Crippen LogP contribution is -2.36. The highest BCUT2D eigenvalue weighted by Gasteiger charge is 2.09. The van der Waals surface area contributed by atoms with Gasteiger partial charge in [-0.3, -0.25) is 14.9 Å². The van der Waals surface area contributed by atoms with Gasteiger partial charge in [-0.1, -0.05) is 66.7 Å². The van der Waals surface area contributed by atoms with E-state index < -0.39 is 0 Å². The molecule has 0 aliphatic heterocycles. The lowest BCUT2D eigenvalue weighted by molar-refractivity contribution is 0.241. The molecule has 0 radical (unpaired) electrons. The number of hydrogen-bond acceptors (Lipinski definition) is 7. The van der Waals surface area contributed by atoms with E-state index in [2.05, 4.69) is 67.2 Å². The quantitative estimate of drug-likeness (QED) is 0.144. The summed E-state index contributed by atoms with van der Waals surface area (Å²) in [5, 5.41) is 20.4. The van der Waals surface area contributed by atoms with Crippen LogP contribution in [-0.2, 0) is 32.6 Å². The summed E-state index contributed by atoms with van der Waals surface area (Å²) in [6.07, 6.45) is 4.49. The number of rotatable bonds is 18. The van der Waals surface area contributed by atoms with Crippen LogP contribution in [0.5, 0.6) is 0 Å². The maximum absolute atomic E-state index is 9.83. The number of pyridine rings is 2. The smallest absolute Gasteiger partial charge is 0.0587 e. The van der Waals surface area contributed by atoms with Gasteiger partial charge >= 0.3 is 0 Å². The van der Waals surface area contributed by atoms with E-state index in [0.29, 0.717) is 0 Å². The highest BCUT2D eigenvalue weighted by atomic mass is 16.3. The Labute approximate surface area is 238 Å². The number of hydrogen-bond donors (Lipinski definition) is 4. The van der Waals surface area contributed by atoms with Crippen LogP contribution in [0.25, 0.3) is 0 Å². The fraction of sp³-hybridized carbons (Fsp3) is 0.333. The zero-order valence-corrected chi connectivity index (χ0v) is 23.3. The van der Waals surface area contributed by atoms with Crippen LogP contribution in [-0.4, -0.2) is 58.8 Å². The van der Waals surface area contributed by atoms with Gasteiger partial charge in [0.2, 0.25) is 0 Å². The Kier molecular flexibility index (Phi) is 12.8. The summed E-state index contributed by atoms with van der Waals surface area (Å²) in [6.45, 7) is 6.95. The molecular formula is C33H42N6O. The molecule has 7 nitrogen and oxygen atoms in total. The highest BCUT2D eigenvalue weighted by Crippen LogP contribution is 2.09. The van der Waals surface area contributed by atoms with Gasteiger partial charge in [-0.25, -0.2) is 0 Å². The van der Waals surface area contributed by atoms with E-state index in [0.717, 1.165) is 70.2 Å². The highest BCUT2D eigenvalue weighted by molar-refractivity contribution is 5.23. The monoisotopic (exact) mass is 538 g/mol. The van der Waals surface area contributed by atoms with E-state index >= 15 is 0 Å². The molecule has 0 aliphatic rings. The van der Waals surface area contributed by atoms with Gasteiger partial charge in [0.25, 0.3) is 0 Å². The van der Waals surface area contributed by atoms with Crippen molar-refractivity contribution in [2.45, 2.75) is 38.6 Å². The van der Waals surface area contributed by atoms with Crippen LogP contribution in [0, 0.1) is 0 Å². The van der Waals surface area contributed by atoms with Crippen molar-refractivity contribution in [3.63, 3.8) is 0 Å². The lowest BCUT2D eigenvalue weighted by Gasteiger charge is -2.23. The third kappa shape index (κ3) is 11.0. The van der Waals surface area contributed by atoms with Crippen LogP contribution in [0.15, 0.2) is 103 Å². The molecule has 4 rings (SSSR count). The molecule has 4 aromatic rings. The minimum atomic E-state index is 0.0368. The molecule has 1 atom stereocenters. The molecule has 2 aromatic heterocycles. The van der Waals surface area contributed by atoms with Crippen molar-refractivity contribution in [3.8, 4) is 0 Å². The Balaban J connectivity index is 1.25. The second-order valence-corrected chi connectivity index (χ2v) is 10.0. The van der Waals surface area contributed by atoms with Crippen LogP contribution in [0.1, 0.15) is 28.1 Å². The summed E-state index contributed by atoms with van der Waals surface area (Å²) < 4.78 is 0. The molecule has 40 heavy (non-hydrogen) atoms. The van der Waals surface area contributed by atoms with Crippen molar-refractivity contribution in [2.75, 3.05) is 32.8 Å². The van der Waals surface area contributed by atoms with E-state index in [1.54, 1.807) is 0 Å². The van der Waals surface area contributed by atoms with Gasteiger partial charge < -0.3 is 21.1 Å². The van der Waals surface area contributed by atoms with Crippen LogP contribution in [0.4, 0.5) is 0 Å². The predicted molar refractivity (Wildman–Crippen MR) is 161 cm³/mol. The molecule has 0 saturated carbocycles. The first kappa shape index (κ1) is 29.5. The number of aromatic nitrogens is 2. The Hall–Kier alpha value is -3.46. The van der Waals surface area contributed by atoms with Crippen molar-refractivity contribution in [1.82, 2.24) is 30.8 Å². The molecule has 0 saturated heterocycles. The van der Waals surface area contributed by atoms with Gasteiger partial charge in [0.15, 0.2) is 0 Å². The molecule has 0 unspecified atom stereocenters. The van der Waals surface area contributed by atoms with E-state index in [-0.39, 0.29) is 12.6 Å². The molecule has 0 spiro atoms. The zero-order chi connectivity index (χ0) is 27.7. The fourth-order valence-electron chi connectivity index (χ4n) is 4.57. The van der Waals surface area contributed by atoms with Crippen LogP contribution < -0.4 is 16.0 Å². The largest absolute Gasteiger partial charge is 0.395 e. The second kappa shape index (κ2) is 17.3. The summed E-state index contributed by atoms with van der Waals surface area (Å²) in [4.78, 5) is 11.3. The molecule has 0 fully saturated rings. The third-order valence-electron chi connectivity index (χ3n) is 6.84. The molecule has 7 heteroatoms. The number of nitrogens with zero attached hydrogens (tertiary/aromatic N) is 3. The summed E-state index contributed by atoms with van der Waals surface area (Å²) in [5.74, 6) is 0. The summed E-state index contributed by atoms with van der Waals surface area (Å²) >= 11 is 0. The van der Waals surface area contributed by atoms with Gasteiger partial charge in [-0.2, -0.15) is 0 Å². The van der Waals surface area contributed by atoms with E-state index in [1.807, 2.05) is 67.0 Å².